The summed E-state index contributed by atoms with van der Waals surface area (Å²) in [6.45, 7) is 3.45. The number of hydrogen-bond acceptors (Lipinski definition) is 5. The molecule has 146 valence electrons. The molecule has 0 radical (unpaired) electrons. The molecule has 7 nitrogen and oxygen atoms in total. The Morgan fingerprint density at radius 3 is 2.46 bits per heavy atom. The quantitative estimate of drug-likeness (QED) is 0.469. The van der Waals surface area contributed by atoms with Gasteiger partial charge < -0.3 is 9.72 Å². The minimum atomic E-state index is -3.60. The van der Waals surface area contributed by atoms with Crippen LogP contribution in [0.4, 0.5) is 0 Å². The maximum absolute atomic E-state index is 12.7. The summed E-state index contributed by atoms with van der Waals surface area (Å²) in [5, 5.41) is 0.758. The smallest absolute Gasteiger partial charge is 0.338 e. The molecular weight excluding hydrogens is 380 g/mol. The highest BCUT2D eigenvalue weighted by Gasteiger charge is 2.23. The summed E-state index contributed by atoms with van der Waals surface area (Å²) >= 11 is 0. The molecule has 0 saturated heterocycles. The number of esters is 1. The zero-order valence-electron chi connectivity index (χ0n) is 15.4. The maximum Gasteiger partial charge on any atom is 0.338 e. The first kappa shape index (κ1) is 19.8. The van der Waals surface area contributed by atoms with Crippen molar-refractivity contribution in [1.82, 2.24) is 9.71 Å². The number of ether oxygens (including phenoxy) is 1. The van der Waals surface area contributed by atoms with Crippen LogP contribution in [0.15, 0.2) is 59.6 Å². The van der Waals surface area contributed by atoms with E-state index in [1.165, 1.54) is 31.2 Å². The van der Waals surface area contributed by atoms with Gasteiger partial charge in [0.2, 0.25) is 15.8 Å². The summed E-state index contributed by atoms with van der Waals surface area (Å²) < 4.78 is 31.5. The maximum atomic E-state index is 12.7. The normalized spacial score (nSPS) is 12.6. The van der Waals surface area contributed by atoms with Gasteiger partial charge in [-0.05, 0) is 37.3 Å². The number of Topliss-reactive ketones (excluding diaryl/α,β-unsaturated/α-hetero) is 1. The number of ketones is 1. The highest BCUT2D eigenvalue weighted by molar-refractivity contribution is 7.89. The van der Waals surface area contributed by atoms with Crippen LogP contribution >= 0.6 is 0 Å². The van der Waals surface area contributed by atoms with Gasteiger partial charge in [-0.1, -0.05) is 25.1 Å². The first-order chi connectivity index (χ1) is 13.3. The van der Waals surface area contributed by atoms with Crippen LogP contribution in [0.2, 0.25) is 0 Å². The zero-order valence-corrected chi connectivity index (χ0v) is 16.2. The van der Waals surface area contributed by atoms with Crippen LogP contribution in [0.25, 0.3) is 10.9 Å². The number of rotatable bonds is 7. The summed E-state index contributed by atoms with van der Waals surface area (Å²) in [5.74, 6) is -1.02. The number of carbonyl (C=O) groups is 2. The molecular formula is C20H20N2O5S. The van der Waals surface area contributed by atoms with Gasteiger partial charge in [0.15, 0.2) is 6.10 Å². The molecule has 3 rings (SSSR count). The Kier molecular flexibility index (Phi) is 5.62. The Balaban J connectivity index is 1.73. The van der Waals surface area contributed by atoms with Gasteiger partial charge in [-0.15, -0.1) is 0 Å². The van der Waals surface area contributed by atoms with E-state index in [1.807, 2.05) is 24.3 Å². The van der Waals surface area contributed by atoms with E-state index in [9.17, 15) is 18.0 Å². The van der Waals surface area contributed by atoms with Gasteiger partial charge in [0.25, 0.3) is 0 Å². The van der Waals surface area contributed by atoms with E-state index in [2.05, 4.69) is 9.71 Å². The molecule has 2 aromatic carbocycles. The topological polar surface area (TPSA) is 105 Å². The lowest BCUT2D eigenvalue weighted by Gasteiger charge is -2.12. The van der Waals surface area contributed by atoms with E-state index >= 15 is 0 Å². The van der Waals surface area contributed by atoms with E-state index in [0.29, 0.717) is 5.56 Å². The molecule has 0 aliphatic heterocycles. The number of H-pyrrole nitrogens is 1. The van der Waals surface area contributed by atoms with Crippen LogP contribution in [-0.4, -0.2) is 37.8 Å². The third-order valence-corrected chi connectivity index (χ3v) is 5.80. The minimum Gasteiger partial charge on any atom is -0.451 e. The predicted octanol–water partition coefficient (Wildman–Crippen LogP) is 2.89. The van der Waals surface area contributed by atoms with Crippen LogP contribution in [0.5, 0.6) is 0 Å². The van der Waals surface area contributed by atoms with E-state index in [0.717, 1.165) is 10.9 Å². The van der Waals surface area contributed by atoms with Crippen molar-refractivity contribution in [2.75, 3.05) is 6.54 Å². The molecule has 1 atom stereocenters. The van der Waals surface area contributed by atoms with Gasteiger partial charge in [-0.3, -0.25) is 4.79 Å². The largest absolute Gasteiger partial charge is 0.451 e. The molecule has 28 heavy (non-hydrogen) atoms. The fourth-order valence-corrected chi connectivity index (χ4v) is 3.86. The molecule has 3 aromatic rings. The molecule has 0 spiro atoms. The number of nitrogens with one attached hydrogen (secondary N) is 2. The fraction of sp³-hybridized carbons (Fsp3) is 0.200. The number of sulfonamides is 1. The number of para-hydroxylation sites is 1. The molecule has 0 aliphatic carbocycles. The number of aromatic nitrogens is 1. The zero-order chi connectivity index (χ0) is 20.3. The fourth-order valence-electron chi connectivity index (χ4n) is 2.82. The Labute approximate surface area is 162 Å². The molecule has 0 fully saturated rings. The number of benzene rings is 2. The van der Waals surface area contributed by atoms with Gasteiger partial charge in [-0.2, -0.15) is 0 Å². The molecule has 1 aromatic heterocycles. The summed E-state index contributed by atoms with van der Waals surface area (Å²) in [5.41, 5.74) is 1.43. The first-order valence-electron chi connectivity index (χ1n) is 8.74. The summed E-state index contributed by atoms with van der Waals surface area (Å²) in [6.07, 6.45) is 0.606. The summed E-state index contributed by atoms with van der Waals surface area (Å²) in [7, 11) is -3.60. The van der Waals surface area contributed by atoms with Crippen molar-refractivity contribution in [3.8, 4) is 0 Å². The number of hydrogen-bond donors (Lipinski definition) is 2. The third-order valence-electron chi connectivity index (χ3n) is 4.24. The van der Waals surface area contributed by atoms with Gasteiger partial charge in [0.05, 0.1) is 10.5 Å². The number of carbonyl (C=O) groups excluding carboxylic acids is 2. The second kappa shape index (κ2) is 7.95. The first-order valence-corrected chi connectivity index (χ1v) is 10.2. The summed E-state index contributed by atoms with van der Waals surface area (Å²) in [6, 6.07) is 12.7. The number of aromatic amines is 1. The lowest BCUT2D eigenvalue weighted by atomic mass is 10.1. The molecule has 8 heteroatoms. The van der Waals surface area contributed by atoms with Gasteiger partial charge in [0.1, 0.15) is 0 Å². The molecule has 2 N–H and O–H groups in total. The van der Waals surface area contributed by atoms with Crippen LogP contribution in [0.3, 0.4) is 0 Å². The van der Waals surface area contributed by atoms with Crippen molar-refractivity contribution in [1.29, 1.82) is 0 Å². The standard InChI is InChI=1S/C20H20N2O5S/c1-3-22-28(25,26)15-10-8-14(9-11-15)20(24)27-13(2)19(23)17-12-21-18-7-5-4-6-16(17)18/h4-13,21-22H,3H2,1-2H3/t13-/m0/s1. The second-order valence-electron chi connectivity index (χ2n) is 6.19. The van der Waals surface area contributed by atoms with Crippen molar-refractivity contribution < 1.29 is 22.7 Å². The molecule has 0 unspecified atom stereocenters. The summed E-state index contributed by atoms with van der Waals surface area (Å²) in [4.78, 5) is 28.1. The molecule has 1 heterocycles. The lowest BCUT2D eigenvalue weighted by molar-refractivity contribution is 0.0319. The number of fused-ring (bicyclic) bond motifs is 1. The van der Waals surface area contributed by atoms with Crippen molar-refractivity contribution in [2.45, 2.75) is 24.8 Å². The molecule has 0 bridgehead atoms. The van der Waals surface area contributed by atoms with Crippen LogP contribution in [0, 0.1) is 0 Å². The van der Waals surface area contributed by atoms with Crippen LogP contribution in [0.1, 0.15) is 34.6 Å². The van der Waals surface area contributed by atoms with Gasteiger partial charge in [-0.25, -0.2) is 17.9 Å². The Bertz CT molecular complexity index is 1120. The predicted molar refractivity (Wildman–Crippen MR) is 105 cm³/mol. The highest BCUT2D eigenvalue weighted by atomic mass is 32.2. The second-order valence-corrected chi connectivity index (χ2v) is 7.95. The third kappa shape index (κ3) is 3.97. The van der Waals surface area contributed by atoms with Crippen molar-refractivity contribution in [2.24, 2.45) is 0 Å². The van der Waals surface area contributed by atoms with E-state index in [4.69, 9.17) is 4.74 Å². The average Bonchev–Trinajstić information content (AvgIpc) is 3.11. The highest BCUT2D eigenvalue weighted by Crippen LogP contribution is 2.20. The Morgan fingerprint density at radius 1 is 1.11 bits per heavy atom. The molecule has 0 aliphatic rings. The van der Waals surface area contributed by atoms with Crippen molar-refractivity contribution >= 4 is 32.7 Å². The lowest BCUT2D eigenvalue weighted by Crippen LogP contribution is -2.25. The Hall–Kier alpha value is -2.97. The SMILES string of the molecule is CCNS(=O)(=O)c1ccc(C(=O)O[C@@H](C)C(=O)c2c[nH]c3ccccc23)cc1. The average molecular weight is 400 g/mol. The van der Waals surface area contributed by atoms with E-state index in [-0.39, 0.29) is 22.8 Å². The van der Waals surface area contributed by atoms with Gasteiger partial charge in [0, 0.05) is 29.2 Å². The van der Waals surface area contributed by atoms with Crippen LogP contribution in [-0.2, 0) is 14.8 Å². The minimum absolute atomic E-state index is 0.0498. The van der Waals surface area contributed by atoms with E-state index in [1.54, 1.807) is 13.1 Å². The molecule has 0 amide bonds. The monoisotopic (exact) mass is 400 g/mol. The van der Waals surface area contributed by atoms with Crippen molar-refractivity contribution in [3.05, 3.63) is 65.9 Å². The van der Waals surface area contributed by atoms with Gasteiger partial charge >= 0.3 is 5.97 Å². The van der Waals surface area contributed by atoms with Crippen molar-refractivity contribution in [3.63, 3.8) is 0 Å². The molecule has 0 saturated carbocycles. The Morgan fingerprint density at radius 2 is 1.79 bits per heavy atom. The van der Waals surface area contributed by atoms with E-state index < -0.39 is 22.1 Å². The van der Waals surface area contributed by atoms with Crippen LogP contribution < -0.4 is 4.72 Å².